The zero-order chi connectivity index (χ0) is 22.2. The van der Waals surface area contributed by atoms with Crippen molar-refractivity contribution in [2.24, 2.45) is 5.73 Å². The van der Waals surface area contributed by atoms with E-state index in [1.807, 2.05) is 30.3 Å². The van der Waals surface area contributed by atoms with E-state index in [4.69, 9.17) is 20.6 Å². The Bertz CT molecular complexity index is 1020. The zero-order valence-electron chi connectivity index (χ0n) is 17.9. The number of nitrogens with two attached hydrogens (primary N) is 1. The van der Waals surface area contributed by atoms with Gasteiger partial charge in [0.05, 0.1) is 14.2 Å². The summed E-state index contributed by atoms with van der Waals surface area (Å²) < 4.78 is 10.7. The highest BCUT2D eigenvalue weighted by atomic mass is 35.5. The molecule has 0 unspecified atom stereocenters. The fourth-order valence-electron chi connectivity index (χ4n) is 3.10. The van der Waals surface area contributed by atoms with E-state index in [9.17, 15) is 4.79 Å². The van der Waals surface area contributed by atoms with Crippen molar-refractivity contribution in [2.75, 3.05) is 19.5 Å². The molecule has 168 valence electrons. The molecule has 32 heavy (non-hydrogen) atoms. The smallest absolute Gasteiger partial charge is 0.247 e. The first-order chi connectivity index (χ1) is 15.0. The molecule has 0 bridgehead atoms. The number of amides is 1. The quantitative estimate of drug-likeness (QED) is 0.290. The molecule has 0 spiro atoms. The largest absolute Gasteiger partial charge is 0.497 e. The van der Waals surface area contributed by atoms with Gasteiger partial charge in [0.1, 0.15) is 23.4 Å². The van der Waals surface area contributed by atoms with Gasteiger partial charge >= 0.3 is 0 Å². The first-order valence-corrected chi connectivity index (χ1v) is 9.75. The van der Waals surface area contributed by atoms with E-state index in [2.05, 4.69) is 10.6 Å². The van der Waals surface area contributed by atoms with Gasteiger partial charge in [-0.15, -0.1) is 12.4 Å². The number of halogens is 1. The molecule has 3 aromatic rings. The van der Waals surface area contributed by atoms with Gasteiger partial charge in [-0.25, -0.2) is 0 Å². The molecule has 0 aliphatic carbocycles. The van der Waals surface area contributed by atoms with Crippen LogP contribution in [0.5, 0.6) is 11.5 Å². The Morgan fingerprint density at radius 2 is 1.56 bits per heavy atom. The first-order valence-electron chi connectivity index (χ1n) is 9.75. The number of carbonyl (C=O) groups is 1. The fourth-order valence-corrected chi connectivity index (χ4v) is 3.10. The molecule has 0 aliphatic heterocycles. The van der Waals surface area contributed by atoms with Crippen molar-refractivity contribution in [2.45, 2.75) is 12.6 Å². The predicted octanol–water partition coefficient (Wildman–Crippen LogP) is 3.88. The number of methoxy groups -OCH3 is 2. The number of rotatable bonds is 9. The van der Waals surface area contributed by atoms with Gasteiger partial charge in [-0.3, -0.25) is 10.2 Å². The van der Waals surface area contributed by atoms with E-state index in [0.717, 1.165) is 5.56 Å². The van der Waals surface area contributed by atoms with Crippen LogP contribution in [0.3, 0.4) is 0 Å². The predicted molar refractivity (Wildman–Crippen MR) is 129 cm³/mol. The maximum Gasteiger partial charge on any atom is 0.247 e. The Morgan fingerprint density at radius 1 is 0.969 bits per heavy atom. The maximum absolute atomic E-state index is 13.2. The summed E-state index contributed by atoms with van der Waals surface area (Å²) in [5.41, 5.74) is 8.55. The van der Waals surface area contributed by atoms with Crippen molar-refractivity contribution in [3.05, 3.63) is 89.5 Å². The Labute approximate surface area is 193 Å². The summed E-state index contributed by atoms with van der Waals surface area (Å²) in [5, 5.41) is 13.8. The second kappa shape index (κ2) is 11.6. The summed E-state index contributed by atoms with van der Waals surface area (Å²) >= 11 is 0. The lowest BCUT2D eigenvalue weighted by Gasteiger charge is -2.21. The van der Waals surface area contributed by atoms with Gasteiger partial charge in [0.25, 0.3) is 0 Å². The van der Waals surface area contributed by atoms with Crippen LogP contribution in [0.1, 0.15) is 22.7 Å². The van der Waals surface area contributed by atoms with Crippen LogP contribution in [-0.2, 0) is 11.3 Å². The van der Waals surface area contributed by atoms with Gasteiger partial charge in [0.2, 0.25) is 5.91 Å². The molecule has 0 radical (unpaired) electrons. The number of benzene rings is 3. The second-order valence-corrected chi connectivity index (χ2v) is 6.92. The van der Waals surface area contributed by atoms with Gasteiger partial charge in [-0.1, -0.05) is 30.3 Å². The maximum atomic E-state index is 13.2. The van der Waals surface area contributed by atoms with E-state index >= 15 is 0 Å². The molecule has 5 N–H and O–H groups in total. The van der Waals surface area contributed by atoms with Crippen molar-refractivity contribution >= 4 is 29.8 Å². The minimum Gasteiger partial charge on any atom is -0.497 e. The monoisotopic (exact) mass is 454 g/mol. The molecule has 0 saturated heterocycles. The number of carbonyl (C=O) groups excluding carboxylic acids is 1. The molecule has 3 rings (SSSR count). The average molecular weight is 455 g/mol. The third kappa shape index (κ3) is 6.39. The average Bonchev–Trinajstić information content (AvgIpc) is 2.81. The van der Waals surface area contributed by atoms with E-state index in [0.29, 0.717) is 34.9 Å². The number of anilines is 1. The minimum atomic E-state index is -0.698. The number of amidine groups is 1. The summed E-state index contributed by atoms with van der Waals surface area (Å²) in [7, 11) is 3.13. The lowest BCUT2D eigenvalue weighted by atomic mass is 10.0. The molecule has 7 nitrogen and oxygen atoms in total. The SMILES string of the molecule is COc1cc(OC)cc([C@H](Nc2ccc(C(=N)N)cc2)C(=O)NCc2ccccc2)c1.Cl. The third-order valence-electron chi connectivity index (χ3n) is 4.79. The van der Waals surface area contributed by atoms with Crippen LogP contribution in [0.2, 0.25) is 0 Å². The molecule has 3 aromatic carbocycles. The lowest BCUT2D eigenvalue weighted by Crippen LogP contribution is -2.33. The standard InChI is InChI=1S/C24H26N4O3.ClH/c1-30-20-12-18(13-21(14-20)31-2)22(24(29)27-15-16-6-4-3-5-7-16)28-19-10-8-17(9-11-19)23(25)26;/h3-14,22,28H,15H2,1-2H3,(H3,25,26)(H,27,29);1H/t22-;/m0./s1. The molecule has 0 aliphatic rings. The van der Waals surface area contributed by atoms with Gasteiger partial charge in [0.15, 0.2) is 0 Å². The van der Waals surface area contributed by atoms with Gasteiger partial charge in [0, 0.05) is 23.9 Å². The third-order valence-corrected chi connectivity index (χ3v) is 4.79. The molecule has 0 fully saturated rings. The number of nitrogen functional groups attached to an aromatic ring is 1. The van der Waals surface area contributed by atoms with Crippen molar-refractivity contribution in [1.29, 1.82) is 5.41 Å². The van der Waals surface area contributed by atoms with E-state index in [-0.39, 0.29) is 24.1 Å². The number of hydrogen-bond acceptors (Lipinski definition) is 5. The topological polar surface area (TPSA) is 109 Å². The molecule has 8 heteroatoms. The Kier molecular flexibility index (Phi) is 8.92. The normalized spacial score (nSPS) is 10.9. The highest BCUT2D eigenvalue weighted by molar-refractivity contribution is 5.95. The fraction of sp³-hybridized carbons (Fsp3) is 0.167. The van der Waals surface area contributed by atoms with Crippen LogP contribution < -0.4 is 25.8 Å². The van der Waals surface area contributed by atoms with Crippen LogP contribution in [0.4, 0.5) is 5.69 Å². The summed E-state index contributed by atoms with van der Waals surface area (Å²) in [4.78, 5) is 13.2. The highest BCUT2D eigenvalue weighted by Gasteiger charge is 2.22. The van der Waals surface area contributed by atoms with Crippen LogP contribution in [0.15, 0.2) is 72.8 Å². The van der Waals surface area contributed by atoms with Crippen LogP contribution in [0.25, 0.3) is 0 Å². The van der Waals surface area contributed by atoms with E-state index in [1.54, 1.807) is 56.7 Å². The van der Waals surface area contributed by atoms with Gasteiger partial charge in [-0.05, 0) is 47.5 Å². The van der Waals surface area contributed by atoms with Crippen LogP contribution >= 0.6 is 12.4 Å². The molecular weight excluding hydrogens is 428 g/mol. The first kappa shape index (κ1) is 24.6. The van der Waals surface area contributed by atoms with Crippen molar-refractivity contribution in [1.82, 2.24) is 5.32 Å². The minimum absolute atomic E-state index is 0. The Balaban J connectivity index is 0.00000363. The summed E-state index contributed by atoms with van der Waals surface area (Å²) in [5.74, 6) is 0.962. The van der Waals surface area contributed by atoms with Gasteiger partial charge in [-0.2, -0.15) is 0 Å². The van der Waals surface area contributed by atoms with Gasteiger partial charge < -0.3 is 25.8 Å². The Hall–Kier alpha value is -3.71. The van der Waals surface area contributed by atoms with E-state index < -0.39 is 6.04 Å². The summed E-state index contributed by atoms with van der Waals surface area (Å²) in [6, 6.07) is 21.4. The summed E-state index contributed by atoms with van der Waals surface area (Å²) in [6.45, 7) is 0.405. The molecule has 0 aromatic heterocycles. The molecule has 0 saturated carbocycles. The lowest BCUT2D eigenvalue weighted by molar-refractivity contribution is -0.122. The number of hydrogen-bond donors (Lipinski definition) is 4. The van der Waals surface area contributed by atoms with Crippen molar-refractivity contribution in [3.63, 3.8) is 0 Å². The van der Waals surface area contributed by atoms with Crippen LogP contribution in [0, 0.1) is 5.41 Å². The number of nitrogens with one attached hydrogen (secondary N) is 3. The molecule has 0 heterocycles. The van der Waals surface area contributed by atoms with Crippen LogP contribution in [-0.4, -0.2) is 26.0 Å². The number of ether oxygens (including phenoxy) is 2. The molecule has 1 amide bonds. The molecule has 1 atom stereocenters. The highest BCUT2D eigenvalue weighted by Crippen LogP contribution is 2.29. The Morgan fingerprint density at radius 3 is 2.09 bits per heavy atom. The summed E-state index contributed by atoms with van der Waals surface area (Å²) in [6.07, 6.45) is 0. The van der Waals surface area contributed by atoms with Crippen molar-refractivity contribution < 1.29 is 14.3 Å². The van der Waals surface area contributed by atoms with Crippen molar-refractivity contribution in [3.8, 4) is 11.5 Å². The van der Waals surface area contributed by atoms with E-state index in [1.165, 1.54) is 0 Å². The second-order valence-electron chi connectivity index (χ2n) is 6.92. The zero-order valence-corrected chi connectivity index (χ0v) is 18.7. The molecular formula is C24H27ClN4O3.